The van der Waals surface area contributed by atoms with E-state index in [0.717, 1.165) is 11.1 Å². The summed E-state index contributed by atoms with van der Waals surface area (Å²) in [5, 5.41) is 8.48. The molecule has 0 heterocycles. The summed E-state index contributed by atoms with van der Waals surface area (Å²) in [6.07, 6.45) is 0. The highest BCUT2D eigenvalue weighted by atomic mass is 32.2. The molecule has 1 atom stereocenters. The van der Waals surface area contributed by atoms with Crippen LogP contribution >= 0.6 is 0 Å². The molecular formula is C10H13NO3S. The zero-order chi connectivity index (χ0) is 11.5. The van der Waals surface area contributed by atoms with Gasteiger partial charge < -0.3 is 5.11 Å². The highest BCUT2D eigenvalue weighted by Gasteiger charge is 2.12. The summed E-state index contributed by atoms with van der Waals surface area (Å²) in [6.45, 7) is 1.90. The Morgan fingerprint density at radius 3 is 2.73 bits per heavy atom. The lowest BCUT2D eigenvalue weighted by atomic mass is 10.2. The number of benzene rings is 1. The number of carboxylic acid groups (broad SMARTS) is 1. The fourth-order valence-corrected chi connectivity index (χ4v) is 2.54. The largest absolute Gasteiger partial charge is 0.481 e. The fraction of sp³-hybridized carbons (Fsp3) is 0.300. The van der Waals surface area contributed by atoms with Crippen LogP contribution in [0.4, 0.5) is 0 Å². The Kier molecular flexibility index (Phi) is 3.47. The van der Waals surface area contributed by atoms with Crippen LogP contribution in [0.2, 0.25) is 0 Å². The van der Waals surface area contributed by atoms with Gasteiger partial charge in [0, 0.05) is 0 Å². The number of hydrogen-bond donors (Lipinski definition) is 2. The quantitative estimate of drug-likeness (QED) is 0.820. The molecule has 4 nitrogen and oxygen atoms in total. The molecule has 1 aromatic rings. The zero-order valence-corrected chi connectivity index (χ0v) is 9.21. The molecule has 15 heavy (non-hydrogen) atoms. The molecule has 0 aliphatic heterocycles. The van der Waals surface area contributed by atoms with Gasteiger partial charge >= 0.3 is 5.97 Å². The van der Waals surface area contributed by atoms with Gasteiger partial charge in [-0.25, -0.2) is 4.21 Å². The highest BCUT2D eigenvalue weighted by Crippen LogP contribution is 2.09. The molecule has 0 aliphatic rings. The molecule has 1 aromatic carbocycles. The first-order valence-electron chi connectivity index (χ1n) is 4.40. The molecule has 2 N–H and O–H groups in total. The third-order valence-electron chi connectivity index (χ3n) is 1.84. The minimum absolute atomic E-state index is 0.000972. The van der Waals surface area contributed by atoms with Crippen molar-refractivity contribution in [3.8, 4) is 0 Å². The summed E-state index contributed by atoms with van der Waals surface area (Å²) in [7, 11) is -3.05. The first-order valence-corrected chi connectivity index (χ1v) is 6.30. The first kappa shape index (κ1) is 11.7. The van der Waals surface area contributed by atoms with Crippen molar-refractivity contribution in [3.63, 3.8) is 0 Å². The van der Waals surface area contributed by atoms with Crippen molar-refractivity contribution in [3.05, 3.63) is 35.4 Å². The van der Waals surface area contributed by atoms with Gasteiger partial charge in [0.25, 0.3) is 0 Å². The van der Waals surface area contributed by atoms with Crippen LogP contribution in [-0.4, -0.2) is 21.0 Å². The minimum atomic E-state index is -3.05. The predicted molar refractivity (Wildman–Crippen MR) is 58.2 cm³/mol. The third-order valence-corrected chi connectivity index (χ3v) is 3.35. The number of aliphatic carboxylic acids is 1. The van der Waals surface area contributed by atoms with E-state index >= 15 is 0 Å². The van der Waals surface area contributed by atoms with Crippen LogP contribution in [0.1, 0.15) is 11.1 Å². The Morgan fingerprint density at radius 2 is 2.20 bits per heavy atom. The van der Waals surface area contributed by atoms with Gasteiger partial charge in [0.15, 0.2) is 0 Å². The average molecular weight is 227 g/mol. The lowest BCUT2D eigenvalue weighted by Gasteiger charge is -2.05. The Bertz CT molecular complexity index is 465. The molecule has 0 spiro atoms. The second-order valence-electron chi connectivity index (χ2n) is 3.48. The summed E-state index contributed by atoms with van der Waals surface area (Å²) in [6, 6.07) is 7.27. The molecule has 0 fully saturated rings. The van der Waals surface area contributed by atoms with Crippen molar-refractivity contribution in [1.82, 2.24) is 0 Å². The van der Waals surface area contributed by atoms with Crippen LogP contribution in [0.5, 0.6) is 0 Å². The fourth-order valence-electron chi connectivity index (χ4n) is 1.32. The molecule has 0 saturated heterocycles. The van der Waals surface area contributed by atoms with Crippen LogP contribution < -0.4 is 0 Å². The molecule has 0 amide bonds. The van der Waals surface area contributed by atoms with Gasteiger partial charge in [-0.1, -0.05) is 29.8 Å². The summed E-state index contributed by atoms with van der Waals surface area (Å²) in [4.78, 5) is 10.4. The maximum Gasteiger partial charge on any atom is 0.317 e. The smallest absolute Gasteiger partial charge is 0.317 e. The van der Waals surface area contributed by atoms with Gasteiger partial charge in [0.05, 0.1) is 15.5 Å². The van der Waals surface area contributed by atoms with Gasteiger partial charge in [-0.05, 0) is 12.5 Å². The highest BCUT2D eigenvalue weighted by molar-refractivity contribution is 7.92. The predicted octanol–water partition coefficient (Wildman–Crippen LogP) is 1.63. The molecular weight excluding hydrogens is 214 g/mol. The van der Waals surface area contributed by atoms with Gasteiger partial charge in [-0.3, -0.25) is 9.57 Å². The van der Waals surface area contributed by atoms with E-state index in [4.69, 9.17) is 9.89 Å². The van der Waals surface area contributed by atoms with Gasteiger partial charge in [0.2, 0.25) is 0 Å². The average Bonchev–Trinajstić information content (AvgIpc) is 1.99. The van der Waals surface area contributed by atoms with Gasteiger partial charge in [-0.15, -0.1) is 0 Å². The van der Waals surface area contributed by atoms with Gasteiger partial charge in [0.1, 0.15) is 5.75 Å². The molecule has 0 radical (unpaired) electrons. The first-order chi connectivity index (χ1) is 6.89. The maximum atomic E-state index is 11.6. The van der Waals surface area contributed by atoms with E-state index < -0.39 is 21.5 Å². The molecule has 0 aliphatic carbocycles. The Hall–Kier alpha value is -1.36. The molecule has 1 rings (SSSR count). The van der Waals surface area contributed by atoms with Crippen molar-refractivity contribution >= 4 is 15.7 Å². The van der Waals surface area contributed by atoms with Crippen LogP contribution in [0.3, 0.4) is 0 Å². The second kappa shape index (κ2) is 4.44. The topological polar surface area (TPSA) is 78.2 Å². The number of nitrogens with one attached hydrogen (secondary N) is 1. The molecule has 82 valence electrons. The Balaban J connectivity index is 2.82. The van der Waals surface area contributed by atoms with E-state index in [1.807, 2.05) is 19.1 Å². The molecule has 0 saturated carbocycles. The van der Waals surface area contributed by atoms with E-state index in [1.54, 1.807) is 12.1 Å². The normalized spacial score (nSPS) is 14.5. The van der Waals surface area contributed by atoms with E-state index in [0.29, 0.717) is 0 Å². The number of carboxylic acids is 1. The van der Waals surface area contributed by atoms with Crippen LogP contribution in [0, 0.1) is 11.7 Å². The second-order valence-corrected chi connectivity index (χ2v) is 5.68. The standard InChI is InChI=1S/C10H13NO3S/c1-8-3-2-4-9(5-8)6-15(11,14)7-10(12)13/h2-5,11H,6-7H2,1H3,(H,12,13). The van der Waals surface area contributed by atoms with Crippen molar-refractivity contribution in [2.45, 2.75) is 12.7 Å². The monoisotopic (exact) mass is 227 g/mol. The van der Waals surface area contributed by atoms with Gasteiger partial charge in [-0.2, -0.15) is 0 Å². The number of carbonyl (C=O) groups is 1. The van der Waals surface area contributed by atoms with E-state index in [1.165, 1.54) is 0 Å². The van der Waals surface area contributed by atoms with Crippen molar-refractivity contribution in [2.24, 2.45) is 0 Å². The van der Waals surface area contributed by atoms with E-state index in [2.05, 4.69) is 0 Å². The number of aryl methyl sites for hydroxylation is 1. The Morgan fingerprint density at radius 1 is 1.53 bits per heavy atom. The molecule has 0 aromatic heterocycles. The van der Waals surface area contributed by atoms with Crippen molar-refractivity contribution in [1.29, 1.82) is 4.78 Å². The van der Waals surface area contributed by atoms with Crippen LogP contribution in [-0.2, 0) is 20.3 Å². The third kappa shape index (κ3) is 4.12. The number of hydrogen-bond acceptors (Lipinski definition) is 3. The summed E-state index contributed by atoms with van der Waals surface area (Å²) < 4.78 is 19.0. The van der Waals surface area contributed by atoms with Crippen LogP contribution in [0.25, 0.3) is 0 Å². The van der Waals surface area contributed by atoms with E-state index in [-0.39, 0.29) is 5.75 Å². The summed E-state index contributed by atoms with van der Waals surface area (Å²) in [5.74, 6) is -1.79. The summed E-state index contributed by atoms with van der Waals surface area (Å²) >= 11 is 0. The maximum absolute atomic E-state index is 11.6. The molecule has 5 heteroatoms. The molecule has 1 unspecified atom stereocenters. The molecule has 0 bridgehead atoms. The summed E-state index contributed by atoms with van der Waals surface area (Å²) in [5.41, 5.74) is 1.76. The van der Waals surface area contributed by atoms with Crippen molar-refractivity contribution in [2.75, 3.05) is 5.75 Å². The zero-order valence-electron chi connectivity index (χ0n) is 8.40. The van der Waals surface area contributed by atoms with Crippen molar-refractivity contribution < 1.29 is 14.1 Å². The minimum Gasteiger partial charge on any atom is -0.481 e. The Labute approximate surface area is 88.9 Å². The SMILES string of the molecule is Cc1cccc(CS(=N)(=O)CC(=O)O)c1. The van der Waals surface area contributed by atoms with E-state index in [9.17, 15) is 9.00 Å². The lowest BCUT2D eigenvalue weighted by Crippen LogP contribution is -2.15. The van der Waals surface area contributed by atoms with Crippen LogP contribution in [0.15, 0.2) is 24.3 Å². The lowest BCUT2D eigenvalue weighted by molar-refractivity contribution is -0.134. The number of rotatable bonds is 4.